The molecule has 1 atom stereocenters. The predicted molar refractivity (Wildman–Crippen MR) is 110 cm³/mol. The van der Waals surface area contributed by atoms with E-state index in [9.17, 15) is 18.0 Å². The molecule has 1 aliphatic rings. The summed E-state index contributed by atoms with van der Waals surface area (Å²) in [6.45, 7) is 2.31. The average Bonchev–Trinajstić information content (AvgIpc) is 3.24. The van der Waals surface area contributed by atoms with Crippen LogP contribution >= 0.6 is 0 Å². The molecule has 0 spiro atoms. The van der Waals surface area contributed by atoms with E-state index in [-0.39, 0.29) is 16.9 Å². The second kappa shape index (κ2) is 8.69. The number of hydrazone groups is 1. The molecule has 0 N–H and O–H groups in total. The highest BCUT2D eigenvalue weighted by Crippen LogP contribution is 2.32. The van der Waals surface area contributed by atoms with Crippen molar-refractivity contribution in [3.05, 3.63) is 70.8 Å². The van der Waals surface area contributed by atoms with E-state index < -0.39 is 12.4 Å². The standard InChI is InChI=1S/C21H18F3N5O3/c1-2-31-19-13-15(7-10-25-19)29-17(8-11-26-29)20-18(30)9-12-28(27-20)14-3-5-16(6-4-14)32-21(22,23)24/h3-7,9-13,17H,2,8H2,1H3. The molecule has 1 aliphatic heterocycles. The number of anilines is 1. The van der Waals surface area contributed by atoms with E-state index >= 15 is 0 Å². The number of nitrogens with zero attached hydrogens (tertiary/aromatic N) is 5. The Morgan fingerprint density at radius 1 is 1.12 bits per heavy atom. The monoisotopic (exact) mass is 445 g/mol. The summed E-state index contributed by atoms with van der Waals surface area (Å²) >= 11 is 0. The molecule has 0 bridgehead atoms. The van der Waals surface area contributed by atoms with Crippen molar-refractivity contribution in [1.82, 2.24) is 14.8 Å². The molecule has 166 valence electrons. The van der Waals surface area contributed by atoms with Crippen molar-refractivity contribution in [2.24, 2.45) is 5.10 Å². The molecule has 0 radical (unpaired) electrons. The van der Waals surface area contributed by atoms with Crippen LogP contribution in [0.2, 0.25) is 0 Å². The zero-order valence-corrected chi connectivity index (χ0v) is 16.9. The zero-order chi connectivity index (χ0) is 22.7. The average molecular weight is 445 g/mol. The molecule has 1 unspecified atom stereocenters. The minimum Gasteiger partial charge on any atom is -0.478 e. The fraction of sp³-hybridized carbons (Fsp3) is 0.238. The van der Waals surface area contributed by atoms with Crippen molar-refractivity contribution in [3.8, 4) is 17.3 Å². The van der Waals surface area contributed by atoms with Crippen LogP contribution in [0.1, 0.15) is 25.1 Å². The first-order valence-electron chi connectivity index (χ1n) is 9.70. The molecular formula is C21H18F3N5O3. The van der Waals surface area contributed by atoms with Crippen LogP contribution in [0.5, 0.6) is 11.6 Å². The molecule has 2 aromatic heterocycles. The first-order valence-corrected chi connectivity index (χ1v) is 9.70. The molecule has 3 aromatic rings. The second-order valence-electron chi connectivity index (χ2n) is 6.73. The largest absolute Gasteiger partial charge is 0.573 e. The second-order valence-corrected chi connectivity index (χ2v) is 6.73. The maximum Gasteiger partial charge on any atom is 0.573 e. The van der Waals surface area contributed by atoms with Gasteiger partial charge in [-0.1, -0.05) is 0 Å². The van der Waals surface area contributed by atoms with Crippen LogP contribution in [0.15, 0.2) is 64.8 Å². The van der Waals surface area contributed by atoms with E-state index in [0.717, 1.165) is 0 Å². The Bertz CT molecular complexity index is 1180. The molecule has 32 heavy (non-hydrogen) atoms. The topological polar surface area (TPSA) is 81.8 Å². The smallest absolute Gasteiger partial charge is 0.478 e. The SMILES string of the molecule is CCOc1cc(N2N=CCC2c2nn(-c3ccc(OC(F)(F)F)cc3)ccc2=O)ccn1. The molecule has 0 saturated carbocycles. The number of pyridine rings is 1. The highest BCUT2D eigenvalue weighted by molar-refractivity contribution is 5.67. The third kappa shape index (κ3) is 4.71. The Labute approximate surface area is 180 Å². The lowest BCUT2D eigenvalue weighted by molar-refractivity contribution is -0.274. The van der Waals surface area contributed by atoms with Gasteiger partial charge in [-0.3, -0.25) is 9.80 Å². The van der Waals surface area contributed by atoms with E-state index in [1.54, 1.807) is 29.6 Å². The van der Waals surface area contributed by atoms with Gasteiger partial charge in [0.1, 0.15) is 17.5 Å². The van der Waals surface area contributed by atoms with Gasteiger partial charge in [0.05, 0.1) is 18.0 Å². The van der Waals surface area contributed by atoms with Gasteiger partial charge in [0.25, 0.3) is 0 Å². The Morgan fingerprint density at radius 3 is 2.62 bits per heavy atom. The molecule has 4 rings (SSSR count). The minimum absolute atomic E-state index is 0.246. The van der Waals surface area contributed by atoms with Crippen LogP contribution in [0.3, 0.4) is 0 Å². The molecule has 0 amide bonds. The highest BCUT2D eigenvalue weighted by Gasteiger charge is 2.31. The maximum atomic E-state index is 12.6. The van der Waals surface area contributed by atoms with E-state index in [2.05, 4.69) is 19.9 Å². The third-order valence-electron chi connectivity index (χ3n) is 4.59. The summed E-state index contributed by atoms with van der Waals surface area (Å²) in [5.41, 5.74) is 1.12. The van der Waals surface area contributed by atoms with Crippen LogP contribution in [-0.4, -0.2) is 33.9 Å². The number of hydrogen-bond acceptors (Lipinski definition) is 7. The molecular weight excluding hydrogens is 427 g/mol. The molecule has 1 aromatic carbocycles. The lowest BCUT2D eigenvalue weighted by Gasteiger charge is -2.23. The Balaban J connectivity index is 1.63. The summed E-state index contributed by atoms with van der Waals surface area (Å²) in [5.74, 6) is 0.0890. The minimum atomic E-state index is -4.77. The van der Waals surface area contributed by atoms with Gasteiger partial charge < -0.3 is 9.47 Å². The molecule has 0 saturated heterocycles. The van der Waals surface area contributed by atoms with Crippen molar-refractivity contribution in [2.45, 2.75) is 25.7 Å². The van der Waals surface area contributed by atoms with Crippen LogP contribution in [0.25, 0.3) is 5.69 Å². The van der Waals surface area contributed by atoms with Gasteiger partial charge in [0.15, 0.2) is 0 Å². The molecule has 0 fully saturated rings. The Kier molecular flexibility index (Phi) is 5.80. The van der Waals surface area contributed by atoms with Gasteiger partial charge in [-0.15, -0.1) is 13.2 Å². The lowest BCUT2D eigenvalue weighted by atomic mass is 10.1. The van der Waals surface area contributed by atoms with Crippen molar-refractivity contribution < 1.29 is 22.6 Å². The number of alkyl halides is 3. The number of aromatic nitrogens is 3. The molecule has 0 aliphatic carbocycles. The number of ether oxygens (including phenoxy) is 2. The van der Waals surface area contributed by atoms with Crippen LogP contribution in [-0.2, 0) is 0 Å². The highest BCUT2D eigenvalue weighted by atomic mass is 19.4. The van der Waals surface area contributed by atoms with E-state index in [0.29, 0.717) is 30.3 Å². The first kappa shape index (κ1) is 21.3. The predicted octanol–water partition coefficient (Wildman–Crippen LogP) is 3.86. The van der Waals surface area contributed by atoms with Crippen LogP contribution < -0.4 is 19.9 Å². The normalized spacial score (nSPS) is 15.8. The fourth-order valence-corrected chi connectivity index (χ4v) is 3.26. The molecule has 8 nitrogen and oxygen atoms in total. The zero-order valence-electron chi connectivity index (χ0n) is 16.9. The summed E-state index contributed by atoms with van der Waals surface area (Å²) in [4.78, 5) is 16.7. The van der Waals surface area contributed by atoms with Crippen LogP contribution in [0.4, 0.5) is 18.9 Å². The van der Waals surface area contributed by atoms with Gasteiger partial charge in [-0.2, -0.15) is 10.2 Å². The van der Waals surface area contributed by atoms with E-state index in [1.165, 1.54) is 41.2 Å². The van der Waals surface area contributed by atoms with Gasteiger partial charge in [0.2, 0.25) is 11.3 Å². The Hall–Kier alpha value is -3.89. The molecule has 3 heterocycles. The van der Waals surface area contributed by atoms with Gasteiger partial charge in [-0.25, -0.2) is 9.67 Å². The van der Waals surface area contributed by atoms with E-state index in [1.807, 2.05) is 6.92 Å². The number of hydrogen-bond donors (Lipinski definition) is 0. The summed E-state index contributed by atoms with van der Waals surface area (Å²) in [7, 11) is 0. The first-order chi connectivity index (χ1) is 15.3. The van der Waals surface area contributed by atoms with E-state index in [4.69, 9.17) is 4.74 Å². The lowest BCUT2D eigenvalue weighted by Crippen LogP contribution is -2.27. The fourth-order valence-electron chi connectivity index (χ4n) is 3.26. The summed E-state index contributed by atoms with van der Waals surface area (Å²) in [5, 5.41) is 10.5. The quantitative estimate of drug-likeness (QED) is 0.573. The number of halogens is 3. The Morgan fingerprint density at radius 2 is 1.91 bits per heavy atom. The van der Waals surface area contributed by atoms with Crippen molar-refractivity contribution in [2.75, 3.05) is 11.6 Å². The van der Waals surface area contributed by atoms with Gasteiger partial charge in [-0.05, 0) is 37.3 Å². The van der Waals surface area contributed by atoms with Crippen molar-refractivity contribution in [3.63, 3.8) is 0 Å². The maximum absolute atomic E-state index is 12.6. The summed E-state index contributed by atoms with van der Waals surface area (Å²) in [6.07, 6.45) is 0.410. The number of rotatable bonds is 6. The van der Waals surface area contributed by atoms with Crippen molar-refractivity contribution in [1.29, 1.82) is 0 Å². The van der Waals surface area contributed by atoms with Gasteiger partial charge >= 0.3 is 6.36 Å². The van der Waals surface area contributed by atoms with Crippen molar-refractivity contribution >= 4 is 11.9 Å². The third-order valence-corrected chi connectivity index (χ3v) is 4.59. The summed E-state index contributed by atoms with van der Waals surface area (Å²) in [6, 6.07) is 9.57. The summed E-state index contributed by atoms with van der Waals surface area (Å²) < 4.78 is 47.9. The molecule has 11 heteroatoms. The van der Waals surface area contributed by atoms with Crippen LogP contribution in [0, 0.1) is 0 Å². The number of benzene rings is 1. The van der Waals surface area contributed by atoms with Gasteiger partial charge in [0, 0.05) is 37.2 Å².